The van der Waals surface area contributed by atoms with Gasteiger partial charge in [0.25, 0.3) is 0 Å². The van der Waals surface area contributed by atoms with Crippen molar-refractivity contribution in [2.75, 3.05) is 26.3 Å². The molecule has 7 nitrogen and oxygen atoms in total. The number of morpholine rings is 1. The van der Waals surface area contributed by atoms with Gasteiger partial charge in [0.05, 0.1) is 34.6 Å². The Morgan fingerprint density at radius 2 is 1.76 bits per heavy atom. The first-order valence-electron chi connectivity index (χ1n) is 12.3. The van der Waals surface area contributed by atoms with Crippen LogP contribution in [0, 0.1) is 0 Å². The molecule has 0 spiro atoms. The summed E-state index contributed by atoms with van der Waals surface area (Å²) in [5.41, 5.74) is -2.75. The first-order chi connectivity index (χ1) is 19.3. The van der Waals surface area contributed by atoms with Crippen LogP contribution in [0.15, 0.2) is 52.4 Å². The SMILES string of the molecule is O=C(Cn1c(O)c(C(Cc2ccc(C(F)(F)F)cc2C(F)(F)F)=c2ccc3c(c2)C=CN=3)sc1=O)N1CCOCC1. The van der Waals surface area contributed by atoms with E-state index in [1.807, 2.05) is 0 Å². The van der Waals surface area contributed by atoms with Gasteiger partial charge in [-0.15, -0.1) is 0 Å². The van der Waals surface area contributed by atoms with Crippen molar-refractivity contribution in [3.8, 4) is 5.88 Å². The van der Waals surface area contributed by atoms with E-state index < -0.39 is 58.7 Å². The third kappa shape index (κ3) is 5.93. The number of aromatic nitrogens is 1. The number of thiazole rings is 1. The third-order valence-electron chi connectivity index (χ3n) is 6.75. The first-order valence-corrected chi connectivity index (χ1v) is 13.1. The van der Waals surface area contributed by atoms with Gasteiger partial charge in [-0.05, 0) is 46.7 Å². The fraction of sp³-hybridized carbons (Fsp3) is 0.296. The molecule has 1 fully saturated rings. The Balaban J connectivity index is 1.64. The molecular weight excluding hydrogens is 576 g/mol. The predicted octanol–water partition coefficient (Wildman–Crippen LogP) is 3.56. The minimum Gasteiger partial charge on any atom is -0.493 e. The third-order valence-corrected chi connectivity index (χ3v) is 7.78. The molecule has 2 aliphatic rings. The molecule has 5 rings (SSSR count). The summed E-state index contributed by atoms with van der Waals surface area (Å²) in [6.45, 7) is 0.712. The van der Waals surface area contributed by atoms with Crippen LogP contribution < -0.4 is 15.4 Å². The predicted molar refractivity (Wildman–Crippen MR) is 137 cm³/mol. The number of hydrogen-bond acceptors (Lipinski definition) is 6. The number of carbonyl (C=O) groups is 1. The summed E-state index contributed by atoms with van der Waals surface area (Å²) in [6, 6.07) is 6.08. The van der Waals surface area contributed by atoms with E-state index in [4.69, 9.17) is 4.74 Å². The molecule has 1 N–H and O–H groups in total. The molecule has 216 valence electrons. The molecule has 2 aromatic carbocycles. The summed E-state index contributed by atoms with van der Waals surface area (Å²) in [5.74, 6) is -1.08. The second kappa shape index (κ2) is 10.8. The van der Waals surface area contributed by atoms with Gasteiger partial charge in [0.1, 0.15) is 6.54 Å². The lowest BCUT2D eigenvalue weighted by Crippen LogP contribution is -2.43. The van der Waals surface area contributed by atoms with Crippen molar-refractivity contribution in [2.45, 2.75) is 25.3 Å². The summed E-state index contributed by atoms with van der Waals surface area (Å²) >= 11 is 0.528. The molecule has 0 saturated carbocycles. The van der Waals surface area contributed by atoms with Crippen molar-refractivity contribution in [3.05, 3.63) is 90.0 Å². The number of hydrogen-bond donors (Lipinski definition) is 1. The van der Waals surface area contributed by atoms with Crippen LogP contribution in [0.2, 0.25) is 0 Å². The van der Waals surface area contributed by atoms with Crippen LogP contribution in [-0.4, -0.2) is 46.8 Å². The van der Waals surface area contributed by atoms with Crippen molar-refractivity contribution in [2.24, 2.45) is 4.99 Å². The van der Waals surface area contributed by atoms with Crippen molar-refractivity contribution < 1.29 is 41.0 Å². The van der Waals surface area contributed by atoms with Gasteiger partial charge in [0, 0.05) is 31.3 Å². The van der Waals surface area contributed by atoms with Gasteiger partial charge in [-0.1, -0.05) is 23.5 Å². The summed E-state index contributed by atoms with van der Waals surface area (Å²) in [4.78, 5) is 30.5. The standard InChI is InChI=1S/C27H21F6N3O4S/c28-26(29,30)18-3-1-16(20(13-18)27(31,32)33)12-19(15-2-4-21-17(11-15)5-6-34-21)23-24(38)36(25(39)41-23)14-22(37)35-7-9-40-10-8-35/h1-6,11,13,38H,7-10,12,14H2. The number of ether oxygens (including phenoxy) is 1. The number of nitrogens with zero attached hydrogens (tertiary/aromatic N) is 3. The molecule has 0 bridgehead atoms. The van der Waals surface area contributed by atoms with E-state index in [-0.39, 0.29) is 16.5 Å². The number of alkyl halides is 6. The molecule has 0 atom stereocenters. The zero-order chi connectivity index (χ0) is 29.5. The van der Waals surface area contributed by atoms with Crippen LogP contribution in [0.25, 0.3) is 11.6 Å². The van der Waals surface area contributed by atoms with Crippen molar-refractivity contribution >= 4 is 28.9 Å². The highest BCUT2D eigenvalue weighted by Crippen LogP contribution is 2.39. The summed E-state index contributed by atoms with van der Waals surface area (Å²) in [6.07, 6.45) is -7.51. The molecule has 3 aromatic rings. The number of fused-ring (bicyclic) bond motifs is 1. The van der Waals surface area contributed by atoms with E-state index in [0.29, 0.717) is 59.8 Å². The van der Waals surface area contributed by atoms with Crippen LogP contribution in [0.5, 0.6) is 5.88 Å². The van der Waals surface area contributed by atoms with E-state index >= 15 is 0 Å². The Morgan fingerprint density at radius 1 is 1.02 bits per heavy atom. The van der Waals surface area contributed by atoms with Gasteiger partial charge in [0.2, 0.25) is 11.8 Å². The number of amides is 1. The van der Waals surface area contributed by atoms with Crippen molar-refractivity contribution in [3.63, 3.8) is 0 Å². The maximum Gasteiger partial charge on any atom is 0.416 e. The summed E-state index contributed by atoms with van der Waals surface area (Å²) in [5, 5.41) is 12.0. The fourth-order valence-electron chi connectivity index (χ4n) is 4.65. The largest absolute Gasteiger partial charge is 0.493 e. The van der Waals surface area contributed by atoms with Gasteiger partial charge in [0.15, 0.2) is 0 Å². The number of benzene rings is 2. The molecule has 41 heavy (non-hydrogen) atoms. The van der Waals surface area contributed by atoms with E-state index in [2.05, 4.69) is 4.99 Å². The molecule has 0 unspecified atom stereocenters. The van der Waals surface area contributed by atoms with Gasteiger partial charge in [-0.3, -0.25) is 19.1 Å². The highest BCUT2D eigenvalue weighted by atomic mass is 32.1. The van der Waals surface area contributed by atoms with E-state index in [1.165, 1.54) is 17.2 Å². The topological polar surface area (TPSA) is 84.1 Å². The van der Waals surface area contributed by atoms with Crippen LogP contribution in [0.4, 0.5) is 26.3 Å². The number of halogens is 6. The lowest BCUT2D eigenvalue weighted by atomic mass is 9.94. The fourth-order valence-corrected chi connectivity index (χ4v) is 5.60. The maximum atomic E-state index is 14.0. The zero-order valence-corrected chi connectivity index (χ0v) is 21.9. The van der Waals surface area contributed by atoms with Crippen LogP contribution >= 0.6 is 11.3 Å². The maximum absolute atomic E-state index is 14.0. The Morgan fingerprint density at radius 3 is 2.44 bits per heavy atom. The smallest absolute Gasteiger partial charge is 0.416 e. The van der Waals surface area contributed by atoms with Crippen molar-refractivity contribution in [1.29, 1.82) is 0 Å². The highest BCUT2D eigenvalue weighted by Gasteiger charge is 2.38. The molecule has 1 aromatic heterocycles. The quantitative estimate of drug-likeness (QED) is 0.457. The van der Waals surface area contributed by atoms with Crippen LogP contribution in [-0.2, 0) is 34.8 Å². The summed E-state index contributed by atoms with van der Waals surface area (Å²) < 4.78 is 87.7. The van der Waals surface area contributed by atoms with E-state index in [1.54, 1.807) is 18.2 Å². The molecule has 0 aliphatic carbocycles. The van der Waals surface area contributed by atoms with Crippen molar-refractivity contribution in [1.82, 2.24) is 9.47 Å². The first kappa shape index (κ1) is 28.6. The molecule has 2 aliphatic heterocycles. The summed E-state index contributed by atoms with van der Waals surface area (Å²) in [7, 11) is 0. The lowest BCUT2D eigenvalue weighted by Gasteiger charge is -2.26. The second-order valence-corrected chi connectivity index (χ2v) is 10.3. The second-order valence-electron chi connectivity index (χ2n) is 9.34. The van der Waals surface area contributed by atoms with Crippen LogP contribution in [0.3, 0.4) is 0 Å². The monoisotopic (exact) mass is 597 g/mol. The number of carbonyl (C=O) groups excluding carboxylic acids is 1. The number of rotatable bonds is 5. The molecule has 0 radical (unpaired) electrons. The Labute approximate surface area is 231 Å². The molecular formula is C27H21F6N3O4S. The normalized spacial score (nSPS) is 16.0. The van der Waals surface area contributed by atoms with Gasteiger partial charge >= 0.3 is 17.2 Å². The molecule has 3 heterocycles. The highest BCUT2D eigenvalue weighted by molar-refractivity contribution is 7.10. The molecule has 1 saturated heterocycles. The minimum absolute atomic E-state index is 0.0474. The number of aromatic hydroxyl groups is 1. The lowest BCUT2D eigenvalue weighted by molar-refractivity contribution is -0.143. The Kier molecular flexibility index (Phi) is 7.55. The van der Waals surface area contributed by atoms with Gasteiger partial charge in [-0.2, -0.15) is 26.3 Å². The van der Waals surface area contributed by atoms with Gasteiger partial charge < -0.3 is 14.7 Å². The Bertz CT molecular complexity index is 1720. The van der Waals surface area contributed by atoms with E-state index in [9.17, 15) is 41.0 Å². The molecule has 14 heteroatoms. The molecule has 1 amide bonds. The van der Waals surface area contributed by atoms with E-state index in [0.717, 1.165) is 10.6 Å². The van der Waals surface area contributed by atoms with Gasteiger partial charge in [-0.25, -0.2) is 0 Å². The average molecular weight is 598 g/mol. The van der Waals surface area contributed by atoms with Crippen LogP contribution in [0.1, 0.15) is 27.1 Å². The minimum atomic E-state index is -5.12. The average Bonchev–Trinajstić information content (AvgIpc) is 3.50. The zero-order valence-electron chi connectivity index (χ0n) is 21.1. The Hall–Kier alpha value is -3.91.